The van der Waals surface area contributed by atoms with Gasteiger partial charge >= 0.3 is 0 Å². The lowest BCUT2D eigenvalue weighted by molar-refractivity contribution is 0.194. The first-order chi connectivity index (χ1) is 12.6. The predicted octanol–water partition coefficient (Wildman–Crippen LogP) is 7.03. The number of hydrogen-bond donors (Lipinski definition) is 0. The highest BCUT2D eigenvalue weighted by Crippen LogP contribution is 2.54. The molecule has 3 heteroatoms. The molecule has 0 radical (unpaired) electrons. The summed E-state index contributed by atoms with van der Waals surface area (Å²) in [5.74, 6) is 0.618. The molecule has 0 aliphatic heterocycles. The zero-order valence-corrected chi connectivity index (χ0v) is 15.6. The van der Waals surface area contributed by atoms with Crippen molar-refractivity contribution in [3.63, 3.8) is 0 Å². The summed E-state index contributed by atoms with van der Waals surface area (Å²) in [4.78, 5) is 0. The molecule has 2 aliphatic rings. The van der Waals surface area contributed by atoms with Crippen LogP contribution in [0, 0.1) is 23.5 Å². The molecule has 2 aromatic rings. The molecule has 2 aliphatic carbocycles. The first-order valence-corrected chi connectivity index (χ1v) is 9.82. The predicted molar refractivity (Wildman–Crippen MR) is 103 cm³/mol. The van der Waals surface area contributed by atoms with Gasteiger partial charge in [-0.3, -0.25) is 0 Å². The van der Waals surface area contributed by atoms with Crippen LogP contribution in [-0.2, 0) is 6.42 Å². The Morgan fingerprint density at radius 2 is 1.81 bits per heavy atom. The highest BCUT2D eigenvalue weighted by Gasteiger charge is 2.42. The fourth-order valence-electron chi connectivity index (χ4n) is 5.27. The zero-order chi connectivity index (χ0) is 18.3. The lowest BCUT2D eigenvalue weighted by atomic mass is 9.58. The lowest BCUT2D eigenvalue weighted by Crippen LogP contribution is -2.35. The van der Waals surface area contributed by atoms with E-state index in [1.807, 2.05) is 12.1 Å². The van der Waals surface area contributed by atoms with E-state index in [4.69, 9.17) is 11.6 Å². The molecule has 0 bridgehead atoms. The Hall–Kier alpha value is -1.67. The van der Waals surface area contributed by atoms with Gasteiger partial charge in [-0.1, -0.05) is 35.9 Å². The quantitative estimate of drug-likeness (QED) is 0.496. The van der Waals surface area contributed by atoms with Gasteiger partial charge in [0, 0.05) is 11.1 Å². The molecule has 0 nitrogen and oxygen atoms in total. The molecular formula is C23H23ClF2. The fraction of sp³-hybridized carbons (Fsp3) is 0.391. The highest BCUT2D eigenvalue weighted by atomic mass is 35.5. The van der Waals surface area contributed by atoms with Crippen molar-refractivity contribution in [1.82, 2.24) is 0 Å². The van der Waals surface area contributed by atoms with E-state index in [-0.39, 0.29) is 11.7 Å². The maximum absolute atomic E-state index is 14.3. The molecule has 2 aromatic carbocycles. The summed E-state index contributed by atoms with van der Waals surface area (Å²) in [6.45, 7) is 2.06. The van der Waals surface area contributed by atoms with Gasteiger partial charge in [0.25, 0.3) is 0 Å². The van der Waals surface area contributed by atoms with Gasteiger partial charge in [-0.25, -0.2) is 8.78 Å². The van der Waals surface area contributed by atoms with Gasteiger partial charge in [0.2, 0.25) is 0 Å². The summed E-state index contributed by atoms with van der Waals surface area (Å²) in [6.07, 6.45) is 8.09. The standard InChI is InChI=1S/C23H23ClF2/c1-2-3-14-6-9-18-20(23(14)15-4-7-16(24)8-5-15)11-10-19-21(18)12-17(25)13-22(19)26/h2-5,7-8,12-14,18,20,23H,6,9-11H2,1H3. The van der Waals surface area contributed by atoms with Crippen LogP contribution in [0.4, 0.5) is 8.78 Å². The van der Waals surface area contributed by atoms with Crippen LogP contribution in [0.5, 0.6) is 0 Å². The van der Waals surface area contributed by atoms with Gasteiger partial charge in [0.1, 0.15) is 11.6 Å². The van der Waals surface area contributed by atoms with Gasteiger partial charge < -0.3 is 0 Å². The average Bonchev–Trinajstić information content (AvgIpc) is 2.62. The average molecular weight is 373 g/mol. The summed E-state index contributed by atoms with van der Waals surface area (Å²) in [6, 6.07) is 10.7. The first-order valence-electron chi connectivity index (χ1n) is 9.44. The third-order valence-corrected chi connectivity index (χ3v) is 6.52. The molecule has 1 fully saturated rings. The van der Waals surface area contributed by atoms with Crippen LogP contribution in [-0.4, -0.2) is 0 Å². The van der Waals surface area contributed by atoms with E-state index in [1.165, 1.54) is 5.56 Å². The lowest BCUT2D eigenvalue weighted by Gasteiger charge is -2.46. The summed E-state index contributed by atoms with van der Waals surface area (Å²) < 4.78 is 28.2. The van der Waals surface area contributed by atoms with Crippen LogP contribution >= 0.6 is 11.6 Å². The molecule has 0 aromatic heterocycles. The molecule has 0 heterocycles. The Morgan fingerprint density at radius 3 is 2.54 bits per heavy atom. The normalized spacial score (nSPS) is 28.0. The van der Waals surface area contributed by atoms with Gasteiger partial charge in [-0.05, 0) is 91.2 Å². The third-order valence-electron chi connectivity index (χ3n) is 6.27. The summed E-state index contributed by atoms with van der Waals surface area (Å²) in [7, 11) is 0. The minimum absolute atomic E-state index is 0.228. The van der Waals surface area contributed by atoms with Crippen molar-refractivity contribution in [3.8, 4) is 0 Å². The second-order valence-corrected chi connectivity index (χ2v) is 8.05. The molecule has 0 amide bonds. The maximum atomic E-state index is 14.3. The molecule has 0 spiro atoms. The summed E-state index contributed by atoms with van der Waals surface area (Å²) in [5.41, 5.74) is 2.91. The third kappa shape index (κ3) is 3.09. The number of benzene rings is 2. The van der Waals surface area contributed by atoms with Crippen LogP contribution in [0.3, 0.4) is 0 Å². The molecule has 26 heavy (non-hydrogen) atoms. The fourth-order valence-corrected chi connectivity index (χ4v) is 5.40. The molecule has 4 rings (SSSR count). The van der Waals surface area contributed by atoms with Crippen LogP contribution in [0.25, 0.3) is 0 Å². The Labute approximate surface area is 158 Å². The molecule has 1 saturated carbocycles. The van der Waals surface area contributed by atoms with E-state index < -0.39 is 5.82 Å². The largest absolute Gasteiger partial charge is 0.207 e. The van der Waals surface area contributed by atoms with E-state index in [0.717, 1.165) is 41.5 Å². The van der Waals surface area contributed by atoms with Crippen molar-refractivity contribution in [2.45, 2.75) is 44.4 Å². The molecule has 0 saturated heterocycles. The van der Waals surface area contributed by atoms with Gasteiger partial charge in [0.05, 0.1) is 0 Å². The van der Waals surface area contributed by atoms with E-state index in [9.17, 15) is 8.78 Å². The van der Waals surface area contributed by atoms with Crippen molar-refractivity contribution in [2.24, 2.45) is 11.8 Å². The Bertz CT molecular complexity index is 825. The van der Waals surface area contributed by atoms with Crippen molar-refractivity contribution in [1.29, 1.82) is 0 Å². The van der Waals surface area contributed by atoms with E-state index in [1.54, 1.807) is 6.07 Å². The van der Waals surface area contributed by atoms with E-state index in [2.05, 4.69) is 31.2 Å². The van der Waals surface area contributed by atoms with Gasteiger partial charge in [-0.15, -0.1) is 0 Å². The molecule has 4 atom stereocenters. The highest BCUT2D eigenvalue weighted by molar-refractivity contribution is 6.30. The zero-order valence-electron chi connectivity index (χ0n) is 14.9. The minimum atomic E-state index is -0.458. The van der Waals surface area contributed by atoms with E-state index in [0.29, 0.717) is 24.2 Å². The summed E-state index contributed by atoms with van der Waals surface area (Å²) >= 11 is 6.09. The molecular weight excluding hydrogens is 350 g/mol. The van der Waals surface area contributed by atoms with Crippen LogP contribution in [0.1, 0.15) is 54.7 Å². The van der Waals surface area contributed by atoms with Gasteiger partial charge in [0.15, 0.2) is 0 Å². The van der Waals surface area contributed by atoms with Crippen LogP contribution < -0.4 is 0 Å². The van der Waals surface area contributed by atoms with Gasteiger partial charge in [-0.2, -0.15) is 0 Å². The minimum Gasteiger partial charge on any atom is -0.207 e. The maximum Gasteiger partial charge on any atom is 0.129 e. The van der Waals surface area contributed by atoms with Crippen molar-refractivity contribution >= 4 is 11.6 Å². The Kier molecular flexibility index (Phi) is 4.88. The Morgan fingerprint density at radius 1 is 1.04 bits per heavy atom. The summed E-state index contributed by atoms with van der Waals surface area (Å²) in [5, 5.41) is 0.738. The SMILES string of the molecule is CC=CC1CCC2c3cc(F)cc(F)c3CCC2C1c1ccc(Cl)cc1. The second-order valence-electron chi connectivity index (χ2n) is 7.61. The smallest absolute Gasteiger partial charge is 0.129 e. The second kappa shape index (κ2) is 7.15. The van der Waals surface area contributed by atoms with Crippen molar-refractivity contribution in [2.75, 3.05) is 0 Å². The number of allylic oxidation sites excluding steroid dienone is 2. The van der Waals surface area contributed by atoms with Crippen LogP contribution in [0.15, 0.2) is 48.6 Å². The number of hydrogen-bond acceptors (Lipinski definition) is 0. The molecule has 0 N–H and O–H groups in total. The van der Waals surface area contributed by atoms with Crippen molar-refractivity contribution in [3.05, 3.63) is 81.9 Å². The first kappa shape index (κ1) is 17.7. The monoisotopic (exact) mass is 372 g/mol. The molecule has 4 unspecified atom stereocenters. The van der Waals surface area contributed by atoms with Crippen molar-refractivity contribution < 1.29 is 8.78 Å². The number of halogens is 3. The molecule has 136 valence electrons. The topological polar surface area (TPSA) is 0 Å². The number of fused-ring (bicyclic) bond motifs is 3. The van der Waals surface area contributed by atoms with E-state index >= 15 is 0 Å². The Balaban J connectivity index is 1.77. The van der Waals surface area contributed by atoms with Crippen LogP contribution in [0.2, 0.25) is 5.02 Å². The number of rotatable bonds is 2.